The van der Waals surface area contributed by atoms with Crippen LogP contribution < -0.4 is 5.73 Å². The molecule has 0 aliphatic carbocycles. The van der Waals surface area contributed by atoms with Crippen molar-refractivity contribution in [3.8, 4) is 0 Å². The maximum Gasteiger partial charge on any atom is 0.0249 e. The van der Waals surface area contributed by atoms with Gasteiger partial charge in [-0.1, -0.05) is 0 Å². The van der Waals surface area contributed by atoms with Crippen LogP contribution in [0.5, 0.6) is 0 Å². The van der Waals surface area contributed by atoms with E-state index in [-0.39, 0.29) is 0 Å². The maximum absolute atomic E-state index is 5.54. The van der Waals surface area contributed by atoms with Crippen LogP contribution in [0, 0.1) is 0 Å². The van der Waals surface area contributed by atoms with E-state index >= 15 is 0 Å². The molecule has 1 aliphatic rings. The number of piperazine rings is 1. The molecule has 2 rings (SSSR count). The first kappa shape index (κ1) is 10.7. The highest BCUT2D eigenvalue weighted by Crippen LogP contribution is 2.07. The van der Waals surface area contributed by atoms with Crippen LogP contribution in [0.15, 0.2) is 18.5 Å². The Morgan fingerprint density at radius 2 is 1.93 bits per heavy atom. The Morgan fingerprint density at radius 3 is 2.53 bits per heavy atom. The molecule has 4 heteroatoms. The smallest absolute Gasteiger partial charge is 0.0249 e. The maximum atomic E-state index is 5.54. The van der Waals surface area contributed by atoms with Crippen molar-refractivity contribution in [3.63, 3.8) is 0 Å². The third kappa shape index (κ3) is 3.06. The Hall–Kier alpha value is -0.840. The first-order valence-corrected chi connectivity index (χ1v) is 5.65. The third-order valence-electron chi connectivity index (χ3n) is 2.98. The van der Waals surface area contributed by atoms with Crippen molar-refractivity contribution in [2.45, 2.75) is 6.54 Å². The molecule has 0 bridgehead atoms. The molecule has 1 aromatic rings. The second-order valence-corrected chi connectivity index (χ2v) is 4.13. The highest BCUT2D eigenvalue weighted by atomic mass is 15.3. The topological polar surface area (TPSA) is 48.3 Å². The van der Waals surface area contributed by atoms with Gasteiger partial charge in [0.15, 0.2) is 0 Å². The molecular weight excluding hydrogens is 188 g/mol. The van der Waals surface area contributed by atoms with Gasteiger partial charge in [0.2, 0.25) is 0 Å². The Kier molecular flexibility index (Phi) is 3.77. The lowest BCUT2D eigenvalue weighted by molar-refractivity contribution is 0.130. The van der Waals surface area contributed by atoms with Crippen LogP contribution in [0.25, 0.3) is 0 Å². The van der Waals surface area contributed by atoms with E-state index in [1.54, 1.807) is 0 Å². The Morgan fingerprint density at radius 1 is 1.20 bits per heavy atom. The molecular formula is C11H20N4. The van der Waals surface area contributed by atoms with Gasteiger partial charge in [0.1, 0.15) is 0 Å². The minimum absolute atomic E-state index is 0.776. The molecule has 0 unspecified atom stereocenters. The van der Waals surface area contributed by atoms with E-state index in [1.807, 2.05) is 6.20 Å². The van der Waals surface area contributed by atoms with Gasteiger partial charge in [-0.05, 0) is 11.6 Å². The van der Waals surface area contributed by atoms with Crippen LogP contribution >= 0.6 is 0 Å². The standard InChI is InChI=1S/C11H20N4/c12-2-4-14-5-7-15(8-6-14)10-11-1-3-13-9-11/h1,3,9,13H,2,4-8,10,12H2. The van der Waals surface area contributed by atoms with Gasteiger partial charge >= 0.3 is 0 Å². The summed E-state index contributed by atoms with van der Waals surface area (Å²) in [5, 5.41) is 0. The SMILES string of the molecule is NCCN1CCN(Cc2cc[nH]c2)CC1. The van der Waals surface area contributed by atoms with Gasteiger partial charge in [0, 0.05) is 58.2 Å². The van der Waals surface area contributed by atoms with Crippen LogP contribution in [0.4, 0.5) is 0 Å². The number of H-pyrrole nitrogens is 1. The number of aromatic nitrogens is 1. The predicted molar refractivity (Wildman–Crippen MR) is 61.6 cm³/mol. The minimum atomic E-state index is 0.776. The zero-order valence-electron chi connectivity index (χ0n) is 9.15. The molecule has 1 saturated heterocycles. The summed E-state index contributed by atoms with van der Waals surface area (Å²) < 4.78 is 0. The van der Waals surface area contributed by atoms with E-state index in [9.17, 15) is 0 Å². The lowest BCUT2D eigenvalue weighted by Gasteiger charge is -2.34. The molecule has 1 aromatic heterocycles. The van der Waals surface area contributed by atoms with Gasteiger partial charge in [0.25, 0.3) is 0 Å². The van der Waals surface area contributed by atoms with Gasteiger partial charge in [-0.25, -0.2) is 0 Å². The first-order valence-electron chi connectivity index (χ1n) is 5.65. The number of nitrogens with two attached hydrogens (primary N) is 1. The second-order valence-electron chi connectivity index (χ2n) is 4.13. The van der Waals surface area contributed by atoms with E-state index < -0.39 is 0 Å². The fourth-order valence-corrected chi connectivity index (χ4v) is 2.07. The third-order valence-corrected chi connectivity index (χ3v) is 2.98. The van der Waals surface area contributed by atoms with Crippen LogP contribution in [0.3, 0.4) is 0 Å². The second kappa shape index (κ2) is 5.30. The molecule has 84 valence electrons. The molecule has 2 heterocycles. The van der Waals surface area contributed by atoms with E-state index in [4.69, 9.17) is 5.73 Å². The number of nitrogens with zero attached hydrogens (tertiary/aromatic N) is 2. The van der Waals surface area contributed by atoms with Crippen molar-refractivity contribution >= 4 is 0 Å². The van der Waals surface area contributed by atoms with Crippen molar-refractivity contribution in [1.82, 2.24) is 14.8 Å². The van der Waals surface area contributed by atoms with E-state index in [0.29, 0.717) is 0 Å². The summed E-state index contributed by atoms with van der Waals surface area (Å²) in [6, 6.07) is 2.15. The molecule has 3 N–H and O–H groups in total. The monoisotopic (exact) mass is 208 g/mol. The van der Waals surface area contributed by atoms with Gasteiger partial charge in [-0.15, -0.1) is 0 Å². The van der Waals surface area contributed by atoms with Crippen molar-refractivity contribution in [2.75, 3.05) is 39.3 Å². The van der Waals surface area contributed by atoms with Gasteiger partial charge in [0.05, 0.1) is 0 Å². The largest absolute Gasteiger partial charge is 0.367 e. The molecule has 0 aromatic carbocycles. The minimum Gasteiger partial charge on any atom is -0.367 e. The number of hydrogen-bond acceptors (Lipinski definition) is 3. The molecule has 0 atom stereocenters. The van der Waals surface area contributed by atoms with Crippen LogP contribution in [-0.4, -0.2) is 54.1 Å². The highest BCUT2D eigenvalue weighted by molar-refractivity contribution is 5.08. The van der Waals surface area contributed by atoms with E-state index in [0.717, 1.165) is 45.8 Å². The summed E-state index contributed by atoms with van der Waals surface area (Å²) in [6.07, 6.45) is 4.06. The molecule has 1 aliphatic heterocycles. The number of nitrogens with one attached hydrogen (secondary N) is 1. The number of rotatable bonds is 4. The number of aromatic amines is 1. The van der Waals surface area contributed by atoms with Gasteiger partial charge in [-0.3, -0.25) is 9.80 Å². The highest BCUT2D eigenvalue weighted by Gasteiger charge is 2.15. The van der Waals surface area contributed by atoms with E-state index in [2.05, 4.69) is 27.0 Å². The van der Waals surface area contributed by atoms with Gasteiger partial charge < -0.3 is 10.7 Å². The van der Waals surface area contributed by atoms with Crippen LogP contribution in [0.2, 0.25) is 0 Å². The van der Waals surface area contributed by atoms with Crippen molar-refractivity contribution in [1.29, 1.82) is 0 Å². The summed E-state index contributed by atoms with van der Waals surface area (Å²) in [6.45, 7) is 7.51. The molecule has 4 nitrogen and oxygen atoms in total. The molecule has 0 spiro atoms. The Labute approximate surface area is 91.0 Å². The lowest BCUT2D eigenvalue weighted by Crippen LogP contribution is -2.47. The zero-order chi connectivity index (χ0) is 10.5. The van der Waals surface area contributed by atoms with Crippen molar-refractivity contribution < 1.29 is 0 Å². The van der Waals surface area contributed by atoms with E-state index in [1.165, 1.54) is 5.56 Å². The normalized spacial score (nSPS) is 19.5. The van der Waals surface area contributed by atoms with Crippen molar-refractivity contribution in [2.24, 2.45) is 5.73 Å². The van der Waals surface area contributed by atoms with Crippen molar-refractivity contribution in [3.05, 3.63) is 24.0 Å². The molecule has 15 heavy (non-hydrogen) atoms. The summed E-state index contributed by atoms with van der Waals surface area (Å²) >= 11 is 0. The Balaban J connectivity index is 1.74. The average molecular weight is 208 g/mol. The molecule has 0 radical (unpaired) electrons. The summed E-state index contributed by atoms with van der Waals surface area (Å²) in [5.41, 5.74) is 6.92. The van der Waals surface area contributed by atoms with Crippen LogP contribution in [0.1, 0.15) is 5.56 Å². The predicted octanol–water partition coefficient (Wildman–Crippen LogP) is 0.0910. The van der Waals surface area contributed by atoms with Gasteiger partial charge in [-0.2, -0.15) is 0 Å². The quantitative estimate of drug-likeness (QED) is 0.737. The molecule has 0 amide bonds. The zero-order valence-corrected chi connectivity index (χ0v) is 9.15. The molecule has 1 fully saturated rings. The summed E-state index contributed by atoms with van der Waals surface area (Å²) in [7, 11) is 0. The fourth-order valence-electron chi connectivity index (χ4n) is 2.07. The molecule has 0 saturated carbocycles. The average Bonchev–Trinajstić information content (AvgIpc) is 2.74. The fraction of sp³-hybridized carbons (Fsp3) is 0.636. The van der Waals surface area contributed by atoms with Crippen LogP contribution in [-0.2, 0) is 6.54 Å². The first-order chi connectivity index (χ1) is 7.38. The number of hydrogen-bond donors (Lipinski definition) is 2. The summed E-state index contributed by atoms with van der Waals surface area (Å²) in [4.78, 5) is 8.03. The summed E-state index contributed by atoms with van der Waals surface area (Å²) in [5.74, 6) is 0. The Bertz CT molecular complexity index is 262. The lowest BCUT2D eigenvalue weighted by atomic mass is 10.2.